The van der Waals surface area contributed by atoms with E-state index in [2.05, 4.69) is 6.07 Å². The van der Waals surface area contributed by atoms with Gasteiger partial charge in [-0.25, -0.2) is 4.39 Å². The van der Waals surface area contributed by atoms with Crippen molar-refractivity contribution in [1.29, 1.82) is 0 Å². The van der Waals surface area contributed by atoms with E-state index in [-0.39, 0.29) is 11.7 Å². The first-order valence-corrected chi connectivity index (χ1v) is 6.32. The minimum atomic E-state index is -0.123. The van der Waals surface area contributed by atoms with Gasteiger partial charge in [-0.1, -0.05) is 30.3 Å². The summed E-state index contributed by atoms with van der Waals surface area (Å²) in [6, 6.07) is 11.5. The van der Waals surface area contributed by atoms with E-state index in [0.29, 0.717) is 6.54 Å². The molecule has 0 aromatic heterocycles. The van der Waals surface area contributed by atoms with E-state index in [1.807, 2.05) is 25.1 Å². The zero-order valence-electron chi connectivity index (χ0n) is 10.4. The topological polar surface area (TPSA) is 26.0 Å². The van der Waals surface area contributed by atoms with Gasteiger partial charge in [-0.05, 0) is 48.2 Å². The molecule has 0 spiro atoms. The first kappa shape index (κ1) is 11.4. The molecule has 2 heteroatoms. The fraction of sp³-hybridized carbons (Fsp3) is 0.250. The Kier molecular flexibility index (Phi) is 2.67. The molecule has 92 valence electrons. The molecule has 0 amide bonds. The number of rotatable bonds is 2. The summed E-state index contributed by atoms with van der Waals surface area (Å²) in [6.45, 7) is 2.66. The van der Waals surface area contributed by atoms with Crippen molar-refractivity contribution in [3.8, 4) is 11.1 Å². The Labute approximate surface area is 106 Å². The summed E-state index contributed by atoms with van der Waals surface area (Å²) in [5, 5.41) is 0. The van der Waals surface area contributed by atoms with Gasteiger partial charge in [0.1, 0.15) is 5.82 Å². The summed E-state index contributed by atoms with van der Waals surface area (Å²) in [6.07, 6.45) is 0.868. The van der Waals surface area contributed by atoms with Crippen LogP contribution in [-0.4, -0.2) is 6.54 Å². The van der Waals surface area contributed by atoms with Crippen LogP contribution in [0.25, 0.3) is 11.1 Å². The van der Waals surface area contributed by atoms with Crippen LogP contribution in [0.4, 0.5) is 4.39 Å². The van der Waals surface area contributed by atoms with Gasteiger partial charge in [-0.15, -0.1) is 0 Å². The highest BCUT2D eigenvalue weighted by molar-refractivity contribution is 5.81. The van der Waals surface area contributed by atoms with E-state index in [1.54, 1.807) is 12.1 Å². The molecule has 1 unspecified atom stereocenters. The maximum Gasteiger partial charge on any atom is 0.131 e. The SMILES string of the molecule is Cc1cccc2c1-c1c(F)cccc1C2CCN. The van der Waals surface area contributed by atoms with Gasteiger partial charge in [0, 0.05) is 11.5 Å². The second-order valence-corrected chi connectivity index (χ2v) is 4.87. The predicted molar refractivity (Wildman–Crippen MR) is 72.1 cm³/mol. The second kappa shape index (κ2) is 4.21. The fourth-order valence-electron chi connectivity index (χ4n) is 3.06. The molecule has 0 bridgehead atoms. The van der Waals surface area contributed by atoms with Crippen molar-refractivity contribution in [1.82, 2.24) is 0 Å². The maximum atomic E-state index is 14.1. The first-order chi connectivity index (χ1) is 8.74. The second-order valence-electron chi connectivity index (χ2n) is 4.87. The number of benzene rings is 2. The predicted octanol–water partition coefficient (Wildman–Crippen LogP) is 3.60. The van der Waals surface area contributed by atoms with E-state index in [0.717, 1.165) is 28.7 Å². The van der Waals surface area contributed by atoms with Crippen molar-refractivity contribution >= 4 is 0 Å². The number of nitrogens with two attached hydrogens (primary N) is 1. The van der Waals surface area contributed by atoms with Crippen LogP contribution < -0.4 is 5.73 Å². The number of fused-ring (bicyclic) bond motifs is 3. The lowest BCUT2D eigenvalue weighted by Crippen LogP contribution is -2.06. The fourth-order valence-corrected chi connectivity index (χ4v) is 3.06. The lowest BCUT2D eigenvalue weighted by Gasteiger charge is -2.12. The highest BCUT2D eigenvalue weighted by Gasteiger charge is 2.30. The third kappa shape index (κ3) is 1.49. The van der Waals surface area contributed by atoms with E-state index < -0.39 is 0 Å². The highest BCUT2D eigenvalue weighted by Crippen LogP contribution is 2.48. The van der Waals surface area contributed by atoms with Crippen molar-refractivity contribution in [3.63, 3.8) is 0 Å². The summed E-state index contributed by atoms with van der Waals surface area (Å²) < 4.78 is 14.1. The van der Waals surface area contributed by atoms with Crippen LogP contribution in [0.2, 0.25) is 0 Å². The lowest BCUT2D eigenvalue weighted by atomic mass is 9.93. The molecule has 1 atom stereocenters. The summed E-state index contributed by atoms with van der Waals surface area (Å²) in [4.78, 5) is 0. The van der Waals surface area contributed by atoms with Crippen LogP contribution in [0, 0.1) is 12.7 Å². The van der Waals surface area contributed by atoms with Gasteiger partial charge in [-0.2, -0.15) is 0 Å². The van der Waals surface area contributed by atoms with E-state index in [4.69, 9.17) is 5.73 Å². The molecule has 0 radical (unpaired) electrons. The normalized spacial score (nSPS) is 16.5. The van der Waals surface area contributed by atoms with Gasteiger partial charge in [0.25, 0.3) is 0 Å². The van der Waals surface area contributed by atoms with Crippen molar-refractivity contribution in [2.75, 3.05) is 6.54 Å². The van der Waals surface area contributed by atoms with Gasteiger partial charge in [0.05, 0.1) is 0 Å². The molecular weight excluding hydrogens is 225 g/mol. The van der Waals surface area contributed by atoms with Gasteiger partial charge in [0.2, 0.25) is 0 Å². The van der Waals surface area contributed by atoms with Gasteiger partial charge >= 0.3 is 0 Å². The van der Waals surface area contributed by atoms with E-state index in [9.17, 15) is 4.39 Å². The number of hydrogen-bond acceptors (Lipinski definition) is 1. The van der Waals surface area contributed by atoms with Crippen molar-refractivity contribution in [2.24, 2.45) is 5.73 Å². The number of hydrogen-bond donors (Lipinski definition) is 1. The Balaban J connectivity index is 2.31. The van der Waals surface area contributed by atoms with Crippen molar-refractivity contribution in [3.05, 3.63) is 58.9 Å². The van der Waals surface area contributed by atoms with Crippen LogP contribution in [0.5, 0.6) is 0 Å². The minimum Gasteiger partial charge on any atom is -0.330 e. The van der Waals surface area contributed by atoms with E-state index in [1.165, 1.54) is 5.56 Å². The summed E-state index contributed by atoms with van der Waals surface area (Å²) in [5.74, 6) is 0.123. The average molecular weight is 241 g/mol. The molecule has 2 N–H and O–H groups in total. The van der Waals surface area contributed by atoms with Crippen molar-refractivity contribution in [2.45, 2.75) is 19.3 Å². The molecule has 0 heterocycles. The summed E-state index contributed by atoms with van der Waals surface area (Å²) >= 11 is 0. The Bertz CT molecular complexity index is 553. The smallest absolute Gasteiger partial charge is 0.131 e. The number of halogens is 1. The summed E-state index contributed by atoms with van der Waals surface area (Å²) in [5.41, 5.74) is 11.0. The largest absolute Gasteiger partial charge is 0.330 e. The van der Waals surface area contributed by atoms with Crippen LogP contribution in [0.1, 0.15) is 29.0 Å². The Hall–Kier alpha value is -1.67. The molecule has 2 aromatic rings. The standard InChI is InChI=1S/C16H16FN/c1-10-4-2-5-12-11(8-9-18)13-6-3-7-14(17)16(13)15(10)12/h2-7,11H,8-9,18H2,1H3. The monoisotopic (exact) mass is 241 g/mol. The molecular formula is C16H16FN. The van der Waals surface area contributed by atoms with Crippen LogP contribution in [-0.2, 0) is 0 Å². The van der Waals surface area contributed by atoms with Crippen LogP contribution in [0.15, 0.2) is 36.4 Å². The zero-order chi connectivity index (χ0) is 12.7. The number of aryl methyl sites for hydroxylation is 1. The average Bonchev–Trinajstić information content (AvgIpc) is 2.68. The molecule has 1 aliphatic rings. The van der Waals surface area contributed by atoms with Crippen LogP contribution in [0.3, 0.4) is 0 Å². The minimum absolute atomic E-state index is 0.123. The molecule has 2 aromatic carbocycles. The molecule has 1 aliphatic carbocycles. The lowest BCUT2D eigenvalue weighted by molar-refractivity contribution is 0.629. The summed E-state index contributed by atoms with van der Waals surface area (Å²) in [7, 11) is 0. The maximum absolute atomic E-state index is 14.1. The highest BCUT2D eigenvalue weighted by atomic mass is 19.1. The van der Waals surface area contributed by atoms with Crippen LogP contribution >= 0.6 is 0 Å². The third-order valence-electron chi connectivity index (χ3n) is 3.81. The molecule has 3 rings (SSSR count). The van der Waals surface area contributed by atoms with Gasteiger partial charge in [0.15, 0.2) is 0 Å². The quantitative estimate of drug-likeness (QED) is 0.854. The Morgan fingerprint density at radius 1 is 1.06 bits per heavy atom. The molecule has 1 nitrogen and oxygen atoms in total. The third-order valence-corrected chi connectivity index (χ3v) is 3.81. The molecule has 0 saturated heterocycles. The first-order valence-electron chi connectivity index (χ1n) is 6.32. The van der Waals surface area contributed by atoms with Gasteiger partial charge in [-0.3, -0.25) is 0 Å². The molecule has 0 fully saturated rings. The Morgan fingerprint density at radius 3 is 2.44 bits per heavy atom. The van der Waals surface area contributed by atoms with Crippen molar-refractivity contribution < 1.29 is 4.39 Å². The molecule has 0 saturated carbocycles. The van der Waals surface area contributed by atoms with E-state index >= 15 is 0 Å². The Morgan fingerprint density at radius 2 is 1.72 bits per heavy atom. The van der Waals surface area contributed by atoms with Gasteiger partial charge < -0.3 is 5.73 Å². The molecule has 18 heavy (non-hydrogen) atoms. The molecule has 0 aliphatic heterocycles. The zero-order valence-corrected chi connectivity index (χ0v) is 10.4.